The van der Waals surface area contributed by atoms with E-state index in [4.69, 9.17) is 0 Å². The average molecular weight is 340 g/mol. The molecule has 0 radical (unpaired) electrons. The Bertz CT molecular complexity index is 620. The summed E-state index contributed by atoms with van der Waals surface area (Å²) in [5.74, 6) is -0.0580. The van der Waals surface area contributed by atoms with Gasteiger partial charge in [0, 0.05) is 6.54 Å². The van der Waals surface area contributed by atoms with E-state index in [1.165, 1.54) is 29.2 Å². The van der Waals surface area contributed by atoms with Gasteiger partial charge in [0.15, 0.2) is 4.34 Å². The van der Waals surface area contributed by atoms with E-state index in [-0.39, 0.29) is 11.7 Å². The second-order valence-corrected chi connectivity index (χ2v) is 6.67. The Hall–Kier alpha value is -1.67. The van der Waals surface area contributed by atoms with Crippen molar-refractivity contribution in [2.24, 2.45) is 0 Å². The number of benzene rings is 1. The van der Waals surface area contributed by atoms with Gasteiger partial charge in [0.05, 0.1) is 11.4 Å². The highest BCUT2D eigenvalue weighted by molar-refractivity contribution is 8.01. The SMILES string of the molecule is CCCCNC(=O)CSc1nnc(Nc2ccccc2F)s1. The molecule has 0 aliphatic rings. The molecule has 2 N–H and O–H groups in total. The highest BCUT2D eigenvalue weighted by Crippen LogP contribution is 2.28. The predicted molar refractivity (Wildman–Crippen MR) is 88.2 cm³/mol. The summed E-state index contributed by atoms with van der Waals surface area (Å²) < 4.78 is 14.2. The maximum Gasteiger partial charge on any atom is 0.230 e. The van der Waals surface area contributed by atoms with Gasteiger partial charge in [-0.25, -0.2) is 4.39 Å². The molecule has 1 aromatic carbocycles. The normalized spacial score (nSPS) is 10.5. The fourth-order valence-corrected chi connectivity index (χ4v) is 3.17. The number of carbonyl (C=O) groups is 1. The van der Waals surface area contributed by atoms with Crippen molar-refractivity contribution in [1.29, 1.82) is 0 Å². The van der Waals surface area contributed by atoms with Gasteiger partial charge in [-0.15, -0.1) is 10.2 Å². The van der Waals surface area contributed by atoms with E-state index in [1.807, 2.05) is 0 Å². The Morgan fingerprint density at radius 1 is 1.36 bits per heavy atom. The second kappa shape index (κ2) is 8.70. The van der Waals surface area contributed by atoms with Gasteiger partial charge in [-0.1, -0.05) is 48.6 Å². The summed E-state index contributed by atoms with van der Waals surface area (Å²) in [5.41, 5.74) is 0.354. The summed E-state index contributed by atoms with van der Waals surface area (Å²) in [6.45, 7) is 2.78. The fraction of sp³-hybridized carbons (Fsp3) is 0.357. The third-order valence-electron chi connectivity index (χ3n) is 2.70. The third-order valence-corrected chi connectivity index (χ3v) is 4.67. The number of anilines is 2. The first-order valence-corrected chi connectivity index (χ1v) is 8.74. The topological polar surface area (TPSA) is 66.9 Å². The number of aromatic nitrogens is 2. The highest BCUT2D eigenvalue weighted by Gasteiger charge is 2.09. The molecule has 0 atom stereocenters. The van der Waals surface area contributed by atoms with E-state index >= 15 is 0 Å². The van der Waals surface area contributed by atoms with Crippen molar-refractivity contribution in [3.63, 3.8) is 0 Å². The largest absolute Gasteiger partial charge is 0.355 e. The number of unbranched alkanes of at least 4 members (excludes halogenated alkanes) is 1. The van der Waals surface area contributed by atoms with Crippen molar-refractivity contribution in [3.05, 3.63) is 30.1 Å². The van der Waals surface area contributed by atoms with Gasteiger partial charge in [0.2, 0.25) is 11.0 Å². The van der Waals surface area contributed by atoms with Crippen molar-refractivity contribution in [2.45, 2.75) is 24.1 Å². The van der Waals surface area contributed by atoms with Crippen LogP contribution in [0.2, 0.25) is 0 Å². The van der Waals surface area contributed by atoms with Crippen LogP contribution in [0.4, 0.5) is 15.2 Å². The molecule has 0 fully saturated rings. The molecule has 118 valence electrons. The van der Waals surface area contributed by atoms with Gasteiger partial charge in [-0.3, -0.25) is 4.79 Å². The molecule has 0 spiro atoms. The van der Waals surface area contributed by atoms with Crippen LogP contribution in [-0.2, 0) is 4.79 Å². The summed E-state index contributed by atoms with van der Waals surface area (Å²) in [5, 5.41) is 14.1. The number of carbonyl (C=O) groups excluding carboxylic acids is 1. The van der Waals surface area contributed by atoms with E-state index in [2.05, 4.69) is 27.8 Å². The second-order valence-electron chi connectivity index (χ2n) is 4.47. The van der Waals surface area contributed by atoms with Crippen LogP contribution in [0.1, 0.15) is 19.8 Å². The molecule has 0 saturated carbocycles. The minimum absolute atomic E-state index is 0.0164. The molecular weight excluding hydrogens is 323 g/mol. The lowest BCUT2D eigenvalue weighted by Gasteiger charge is -2.02. The maximum absolute atomic E-state index is 13.5. The van der Waals surface area contributed by atoms with E-state index < -0.39 is 0 Å². The fourth-order valence-electron chi connectivity index (χ4n) is 1.58. The lowest BCUT2D eigenvalue weighted by molar-refractivity contribution is -0.118. The van der Waals surface area contributed by atoms with Crippen LogP contribution in [0.3, 0.4) is 0 Å². The molecule has 2 aromatic rings. The average Bonchev–Trinajstić information content (AvgIpc) is 2.95. The van der Waals surface area contributed by atoms with Crippen LogP contribution in [-0.4, -0.2) is 28.4 Å². The number of amides is 1. The van der Waals surface area contributed by atoms with E-state index in [0.717, 1.165) is 12.8 Å². The molecule has 8 heteroatoms. The summed E-state index contributed by atoms with van der Waals surface area (Å²) in [6, 6.07) is 6.37. The van der Waals surface area contributed by atoms with Crippen LogP contribution >= 0.6 is 23.1 Å². The molecule has 0 unspecified atom stereocenters. The number of nitrogens with zero attached hydrogens (tertiary/aromatic N) is 2. The zero-order chi connectivity index (χ0) is 15.8. The number of hydrogen-bond acceptors (Lipinski definition) is 6. The molecule has 0 aliphatic carbocycles. The number of para-hydroxylation sites is 1. The smallest absolute Gasteiger partial charge is 0.230 e. The molecule has 5 nitrogen and oxygen atoms in total. The van der Waals surface area contributed by atoms with Gasteiger partial charge in [-0.2, -0.15) is 0 Å². The number of nitrogens with one attached hydrogen (secondary N) is 2. The Kier molecular flexibility index (Phi) is 6.60. The summed E-state index contributed by atoms with van der Waals surface area (Å²) in [7, 11) is 0. The van der Waals surface area contributed by atoms with Crippen molar-refractivity contribution in [3.8, 4) is 0 Å². The van der Waals surface area contributed by atoms with Crippen LogP contribution < -0.4 is 10.6 Å². The standard InChI is InChI=1S/C14H17FN4OS2/c1-2-3-8-16-12(20)9-21-14-19-18-13(22-14)17-11-7-5-4-6-10(11)15/h4-7H,2-3,8-9H2,1H3,(H,16,20)(H,17,18). The molecule has 0 bridgehead atoms. The van der Waals surface area contributed by atoms with Gasteiger partial charge >= 0.3 is 0 Å². The van der Waals surface area contributed by atoms with Crippen LogP contribution in [0.15, 0.2) is 28.6 Å². The molecule has 0 aliphatic heterocycles. The van der Waals surface area contributed by atoms with Crippen LogP contribution in [0.5, 0.6) is 0 Å². The Morgan fingerprint density at radius 3 is 2.95 bits per heavy atom. The predicted octanol–water partition coefficient (Wildman–Crippen LogP) is 3.43. The Balaban J connectivity index is 1.82. The first-order valence-electron chi connectivity index (χ1n) is 6.93. The quantitative estimate of drug-likeness (QED) is 0.569. The summed E-state index contributed by atoms with van der Waals surface area (Å²) >= 11 is 2.61. The molecular formula is C14H17FN4OS2. The molecule has 2 rings (SSSR count). The van der Waals surface area contributed by atoms with Crippen molar-refractivity contribution in [1.82, 2.24) is 15.5 Å². The van der Waals surface area contributed by atoms with Gasteiger partial charge in [-0.05, 0) is 18.6 Å². The lowest BCUT2D eigenvalue weighted by Crippen LogP contribution is -2.25. The van der Waals surface area contributed by atoms with Gasteiger partial charge in [0.25, 0.3) is 0 Å². The van der Waals surface area contributed by atoms with Crippen LogP contribution in [0.25, 0.3) is 0 Å². The van der Waals surface area contributed by atoms with Gasteiger partial charge in [0.1, 0.15) is 5.82 Å². The van der Waals surface area contributed by atoms with Crippen molar-refractivity contribution in [2.75, 3.05) is 17.6 Å². The molecule has 1 heterocycles. The number of rotatable bonds is 8. The number of thioether (sulfide) groups is 1. The summed E-state index contributed by atoms with van der Waals surface area (Å²) in [6.07, 6.45) is 2.03. The van der Waals surface area contributed by atoms with Crippen LogP contribution in [0, 0.1) is 5.82 Å². The number of hydrogen-bond donors (Lipinski definition) is 2. The summed E-state index contributed by atoms with van der Waals surface area (Å²) in [4.78, 5) is 11.6. The van der Waals surface area contributed by atoms with Crippen molar-refractivity contribution >= 4 is 39.8 Å². The zero-order valence-corrected chi connectivity index (χ0v) is 13.8. The maximum atomic E-state index is 13.5. The van der Waals surface area contributed by atoms with E-state index in [1.54, 1.807) is 18.2 Å². The number of halogens is 1. The minimum Gasteiger partial charge on any atom is -0.355 e. The lowest BCUT2D eigenvalue weighted by atomic mass is 10.3. The highest BCUT2D eigenvalue weighted by atomic mass is 32.2. The van der Waals surface area contributed by atoms with E-state index in [0.29, 0.717) is 27.5 Å². The first kappa shape index (κ1) is 16.7. The third kappa shape index (κ3) is 5.27. The molecule has 1 aromatic heterocycles. The van der Waals surface area contributed by atoms with Gasteiger partial charge < -0.3 is 10.6 Å². The first-order chi connectivity index (χ1) is 10.7. The Morgan fingerprint density at radius 2 is 2.18 bits per heavy atom. The van der Waals surface area contributed by atoms with E-state index in [9.17, 15) is 9.18 Å². The monoisotopic (exact) mass is 340 g/mol. The molecule has 1 amide bonds. The Labute approximate surface area is 136 Å². The van der Waals surface area contributed by atoms with Crippen molar-refractivity contribution < 1.29 is 9.18 Å². The zero-order valence-electron chi connectivity index (χ0n) is 12.1. The molecule has 0 saturated heterocycles. The minimum atomic E-state index is -0.345. The molecule has 22 heavy (non-hydrogen) atoms.